The van der Waals surface area contributed by atoms with Crippen LogP contribution in [0.3, 0.4) is 0 Å². The lowest BCUT2D eigenvalue weighted by Crippen LogP contribution is -2.31. The van der Waals surface area contributed by atoms with Gasteiger partial charge in [-0.1, -0.05) is 29.4 Å². The molecule has 0 radical (unpaired) electrons. The first-order valence-electron chi connectivity index (χ1n) is 8.23. The molecule has 6 nitrogen and oxygen atoms in total. The largest absolute Gasteiger partial charge is 0.495 e. The molecule has 1 fully saturated rings. The molecule has 0 aliphatic carbocycles. The maximum Gasteiger partial charge on any atom is 0.260 e. The van der Waals surface area contributed by atoms with Gasteiger partial charge in [-0.2, -0.15) is 0 Å². The average molecular weight is 405 g/mol. The van der Waals surface area contributed by atoms with E-state index in [9.17, 15) is 4.79 Å². The lowest BCUT2D eigenvalue weighted by atomic mass is 10.2. The van der Waals surface area contributed by atoms with Crippen molar-refractivity contribution in [2.75, 3.05) is 19.2 Å². The Morgan fingerprint density at radius 2 is 2.07 bits per heavy atom. The van der Waals surface area contributed by atoms with Crippen LogP contribution in [0.15, 0.2) is 35.2 Å². The molecular weight excluding hydrogens is 388 g/mol. The Balaban J connectivity index is 1.55. The zero-order chi connectivity index (χ0) is 19.0. The van der Waals surface area contributed by atoms with Crippen molar-refractivity contribution in [1.29, 1.82) is 0 Å². The number of aryl methyl sites for hydroxylation is 1. The molecule has 27 heavy (non-hydrogen) atoms. The topological polar surface area (TPSA) is 68.8 Å². The van der Waals surface area contributed by atoms with E-state index in [0.29, 0.717) is 32.7 Å². The Morgan fingerprint density at radius 1 is 1.30 bits per heavy atom. The highest BCUT2D eigenvalue weighted by Crippen LogP contribution is 2.39. The van der Waals surface area contributed by atoms with Crippen LogP contribution in [0.25, 0.3) is 6.08 Å². The number of carbonyl (C=O) groups is 1. The molecule has 4 rings (SSSR count). The summed E-state index contributed by atoms with van der Waals surface area (Å²) in [6, 6.07) is 9.30. The number of rotatable bonds is 4. The molecule has 8 heteroatoms. The molecule has 1 atom stereocenters. The molecule has 1 saturated heterocycles. The van der Waals surface area contributed by atoms with Gasteiger partial charge in [0.05, 0.1) is 22.7 Å². The number of nitrogens with one attached hydrogen (secondary N) is 2. The highest BCUT2D eigenvalue weighted by atomic mass is 35.5. The van der Waals surface area contributed by atoms with E-state index in [1.807, 2.05) is 25.1 Å². The van der Waals surface area contributed by atoms with Gasteiger partial charge >= 0.3 is 0 Å². The smallest absolute Gasteiger partial charge is 0.260 e. The zero-order valence-corrected chi connectivity index (χ0v) is 16.2. The number of halogens is 1. The molecule has 0 spiro atoms. The summed E-state index contributed by atoms with van der Waals surface area (Å²) in [4.78, 5) is 12.9. The van der Waals surface area contributed by atoms with Gasteiger partial charge in [0.25, 0.3) is 5.91 Å². The molecule has 2 aliphatic heterocycles. The van der Waals surface area contributed by atoms with Crippen LogP contribution in [0.5, 0.6) is 17.2 Å². The van der Waals surface area contributed by atoms with E-state index in [1.54, 1.807) is 25.3 Å². The number of methoxy groups -OCH3 is 1. The minimum Gasteiger partial charge on any atom is -0.495 e. The van der Waals surface area contributed by atoms with Gasteiger partial charge in [0, 0.05) is 6.07 Å². The van der Waals surface area contributed by atoms with Crippen molar-refractivity contribution in [3.05, 3.63) is 51.4 Å². The minimum absolute atomic E-state index is 0.169. The number of fused-ring (bicyclic) bond motifs is 1. The van der Waals surface area contributed by atoms with Crippen LogP contribution < -0.4 is 24.8 Å². The quantitative estimate of drug-likeness (QED) is 0.751. The number of benzene rings is 2. The van der Waals surface area contributed by atoms with Gasteiger partial charge in [-0.25, -0.2) is 0 Å². The van der Waals surface area contributed by atoms with Gasteiger partial charge in [-0.05, 0) is 42.3 Å². The third kappa shape index (κ3) is 3.65. The summed E-state index contributed by atoms with van der Waals surface area (Å²) in [6.07, 6.45) is 1.75. The fourth-order valence-electron chi connectivity index (χ4n) is 2.83. The Labute approximate surface area is 165 Å². The molecule has 0 saturated carbocycles. The Kier molecular flexibility index (Phi) is 4.80. The number of ether oxygens (including phenoxy) is 3. The first-order valence-corrected chi connectivity index (χ1v) is 9.49. The van der Waals surface area contributed by atoms with Crippen LogP contribution in [-0.2, 0) is 4.79 Å². The zero-order valence-electron chi connectivity index (χ0n) is 14.7. The number of carbonyl (C=O) groups excluding carboxylic acids is 1. The van der Waals surface area contributed by atoms with E-state index in [4.69, 9.17) is 25.8 Å². The molecule has 1 amide bonds. The summed E-state index contributed by atoms with van der Waals surface area (Å²) in [6.45, 7) is 2.17. The highest BCUT2D eigenvalue weighted by Gasteiger charge is 2.28. The Morgan fingerprint density at radius 3 is 2.85 bits per heavy atom. The van der Waals surface area contributed by atoms with Crippen molar-refractivity contribution >= 4 is 41.0 Å². The van der Waals surface area contributed by atoms with Gasteiger partial charge in [0.1, 0.15) is 5.75 Å². The van der Waals surface area contributed by atoms with E-state index in [0.717, 1.165) is 11.3 Å². The first-order chi connectivity index (χ1) is 13.0. The third-order valence-electron chi connectivity index (χ3n) is 4.15. The average Bonchev–Trinajstić information content (AvgIpc) is 3.21. The predicted molar refractivity (Wildman–Crippen MR) is 106 cm³/mol. The summed E-state index contributed by atoms with van der Waals surface area (Å²) in [5, 5.41) is 6.69. The maximum atomic E-state index is 12.4. The number of thioether (sulfide) groups is 1. The van der Waals surface area contributed by atoms with Crippen LogP contribution in [0.1, 0.15) is 11.1 Å². The fraction of sp³-hybridized carbons (Fsp3) is 0.211. The second-order valence-electron chi connectivity index (χ2n) is 6.05. The van der Waals surface area contributed by atoms with Gasteiger partial charge < -0.3 is 24.8 Å². The Bertz CT molecular complexity index is 948. The van der Waals surface area contributed by atoms with Crippen LogP contribution in [-0.4, -0.2) is 25.3 Å². The molecule has 2 aromatic carbocycles. The molecule has 0 aromatic heterocycles. The van der Waals surface area contributed by atoms with E-state index in [2.05, 4.69) is 10.6 Å². The number of amides is 1. The van der Waals surface area contributed by atoms with Crippen LogP contribution in [0, 0.1) is 6.92 Å². The molecule has 2 aliphatic rings. The Hall–Kier alpha value is -2.51. The van der Waals surface area contributed by atoms with Crippen molar-refractivity contribution in [2.24, 2.45) is 0 Å². The second kappa shape index (κ2) is 7.25. The van der Waals surface area contributed by atoms with Gasteiger partial charge in [-0.15, -0.1) is 0 Å². The summed E-state index contributed by atoms with van der Waals surface area (Å²) in [7, 11) is 1.61. The van der Waals surface area contributed by atoms with Crippen molar-refractivity contribution in [3.8, 4) is 17.2 Å². The molecule has 2 N–H and O–H groups in total. The van der Waals surface area contributed by atoms with E-state index >= 15 is 0 Å². The summed E-state index contributed by atoms with van der Waals surface area (Å²) < 4.78 is 16.1. The van der Waals surface area contributed by atoms with Crippen molar-refractivity contribution in [3.63, 3.8) is 0 Å². The van der Waals surface area contributed by atoms with Crippen LogP contribution in [0.4, 0.5) is 5.69 Å². The summed E-state index contributed by atoms with van der Waals surface area (Å²) in [5.41, 5.74) is 2.30. The van der Waals surface area contributed by atoms with Crippen LogP contribution >= 0.6 is 23.4 Å². The van der Waals surface area contributed by atoms with E-state index in [-0.39, 0.29) is 18.2 Å². The SMILES string of the molecule is COc1ccc(C)cc1NC1NC(=O)/C(=C/c2cc3c(cc2Cl)OCO3)S1. The van der Waals surface area contributed by atoms with E-state index in [1.165, 1.54) is 11.8 Å². The summed E-state index contributed by atoms with van der Waals surface area (Å²) >= 11 is 7.68. The maximum absolute atomic E-state index is 12.4. The monoisotopic (exact) mass is 404 g/mol. The minimum atomic E-state index is -0.313. The molecule has 0 bridgehead atoms. The van der Waals surface area contributed by atoms with Crippen molar-refractivity contribution in [1.82, 2.24) is 5.32 Å². The lowest BCUT2D eigenvalue weighted by molar-refractivity contribution is -0.116. The normalized spacial score (nSPS) is 19.3. The van der Waals surface area contributed by atoms with Crippen molar-refractivity contribution < 1.29 is 19.0 Å². The number of hydrogen-bond donors (Lipinski definition) is 2. The summed E-state index contributed by atoms with van der Waals surface area (Å²) in [5.74, 6) is 1.77. The van der Waals surface area contributed by atoms with Crippen LogP contribution in [0.2, 0.25) is 5.02 Å². The molecule has 1 unspecified atom stereocenters. The highest BCUT2D eigenvalue weighted by molar-refractivity contribution is 8.05. The van der Waals surface area contributed by atoms with Gasteiger partial charge in [-0.3, -0.25) is 4.79 Å². The molecular formula is C19H17ClN2O4S. The van der Waals surface area contributed by atoms with Crippen molar-refractivity contribution in [2.45, 2.75) is 12.4 Å². The van der Waals surface area contributed by atoms with Gasteiger partial charge in [0.2, 0.25) is 6.79 Å². The van der Waals surface area contributed by atoms with Gasteiger partial charge in [0.15, 0.2) is 17.0 Å². The first kappa shape index (κ1) is 17.9. The molecule has 2 aromatic rings. The second-order valence-corrected chi connectivity index (χ2v) is 7.61. The van der Waals surface area contributed by atoms with E-state index < -0.39 is 0 Å². The molecule has 140 valence electrons. The third-order valence-corrected chi connectivity index (χ3v) is 5.51. The lowest BCUT2D eigenvalue weighted by Gasteiger charge is -2.16. The fourth-order valence-corrected chi connectivity index (χ4v) is 4.00. The standard InChI is InChI=1S/C19H17ClN2O4S/c1-10-3-4-14(24-2)13(5-10)21-19-22-18(23)17(27-19)7-11-6-15-16(8-12(11)20)26-9-25-15/h3-8,19,21H,9H2,1-2H3,(H,22,23)/b17-7-. The molecule has 2 heterocycles. The number of anilines is 1. The predicted octanol–water partition coefficient (Wildman–Crippen LogP) is 3.99. The number of hydrogen-bond acceptors (Lipinski definition) is 6.